The summed E-state index contributed by atoms with van der Waals surface area (Å²) < 4.78 is 7.03. The number of ether oxygens (including phenoxy) is 1. The number of rotatable bonds is 4. The third-order valence-electron chi connectivity index (χ3n) is 3.55. The van der Waals surface area contributed by atoms with Crippen LogP contribution in [0.2, 0.25) is 5.15 Å². The SMILES string of the molecule is CC(=O)OC[C@@H]1C=C[C@H](Cn2cnc3c(Cl)ncnc32)C1. The molecule has 0 aromatic carbocycles. The van der Waals surface area contributed by atoms with E-state index in [0.29, 0.717) is 23.2 Å². The van der Waals surface area contributed by atoms with E-state index in [-0.39, 0.29) is 11.9 Å². The van der Waals surface area contributed by atoms with Crippen LogP contribution >= 0.6 is 11.6 Å². The molecule has 0 fully saturated rings. The molecule has 0 radical (unpaired) electrons. The van der Waals surface area contributed by atoms with E-state index >= 15 is 0 Å². The summed E-state index contributed by atoms with van der Waals surface area (Å²) in [7, 11) is 0. The molecule has 0 amide bonds. The normalized spacial score (nSPS) is 21.0. The molecule has 0 aliphatic heterocycles. The van der Waals surface area contributed by atoms with E-state index < -0.39 is 0 Å². The van der Waals surface area contributed by atoms with Crippen LogP contribution in [0.5, 0.6) is 0 Å². The second-order valence-corrected chi connectivity index (χ2v) is 5.53. The van der Waals surface area contributed by atoms with Crippen molar-refractivity contribution in [3.63, 3.8) is 0 Å². The van der Waals surface area contributed by atoms with Gasteiger partial charge in [0, 0.05) is 19.4 Å². The second kappa shape index (κ2) is 5.81. The van der Waals surface area contributed by atoms with Gasteiger partial charge in [0.05, 0.1) is 12.9 Å². The number of halogens is 1. The molecule has 21 heavy (non-hydrogen) atoms. The molecule has 3 rings (SSSR count). The number of allylic oxidation sites excluding steroid dienone is 1. The van der Waals surface area contributed by atoms with Crippen molar-refractivity contribution in [2.45, 2.75) is 19.9 Å². The zero-order valence-electron chi connectivity index (χ0n) is 11.6. The van der Waals surface area contributed by atoms with E-state index in [4.69, 9.17) is 16.3 Å². The predicted molar refractivity (Wildman–Crippen MR) is 77.7 cm³/mol. The summed E-state index contributed by atoms with van der Waals surface area (Å²) in [5.74, 6) is 0.419. The van der Waals surface area contributed by atoms with Crippen LogP contribution in [0, 0.1) is 11.8 Å². The largest absolute Gasteiger partial charge is 0.465 e. The van der Waals surface area contributed by atoms with Crippen LogP contribution in [0.1, 0.15) is 13.3 Å². The molecule has 2 heterocycles. The van der Waals surface area contributed by atoms with Crippen LogP contribution < -0.4 is 0 Å². The van der Waals surface area contributed by atoms with Crippen molar-refractivity contribution in [3.8, 4) is 0 Å². The minimum Gasteiger partial charge on any atom is -0.465 e. The summed E-state index contributed by atoms with van der Waals surface area (Å²) in [5.41, 5.74) is 1.37. The van der Waals surface area contributed by atoms with Gasteiger partial charge in [-0.25, -0.2) is 15.0 Å². The number of carbonyl (C=O) groups is 1. The van der Waals surface area contributed by atoms with Gasteiger partial charge >= 0.3 is 5.97 Å². The molecule has 2 atom stereocenters. The fraction of sp³-hybridized carbons (Fsp3) is 0.429. The molecule has 6 nitrogen and oxygen atoms in total. The number of fused-ring (bicyclic) bond motifs is 1. The molecule has 0 saturated carbocycles. The van der Waals surface area contributed by atoms with Gasteiger partial charge in [0.25, 0.3) is 0 Å². The Hall–Kier alpha value is -1.95. The fourth-order valence-corrected chi connectivity index (χ4v) is 2.76. The molecule has 0 bridgehead atoms. The maximum absolute atomic E-state index is 10.8. The lowest BCUT2D eigenvalue weighted by atomic mass is 10.0. The van der Waals surface area contributed by atoms with E-state index in [0.717, 1.165) is 18.6 Å². The summed E-state index contributed by atoms with van der Waals surface area (Å²) in [6, 6.07) is 0. The zero-order valence-corrected chi connectivity index (χ0v) is 12.3. The highest BCUT2D eigenvalue weighted by molar-refractivity contribution is 6.33. The van der Waals surface area contributed by atoms with Crippen molar-refractivity contribution in [2.75, 3.05) is 6.61 Å². The molecule has 0 N–H and O–H groups in total. The van der Waals surface area contributed by atoms with Gasteiger partial charge in [-0.3, -0.25) is 4.79 Å². The maximum atomic E-state index is 10.8. The molecule has 1 aliphatic carbocycles. The van der Waals surface area contributed by atoms with Gasteiger partial charge in [-0.05, 0) is 12.3 Å². The highest BCUT2D eigenvalue weighted by Crippen LogP contribution is 2.26. The molecule has 2 aromatic heterocycles. The average molecular weight is 307 g/mol. The van der Waals surface area contributed by atoms with Crippen molar-refractivity contribution in [2.24, 2.45) is 11.8 Å². The van der Waals surface area contributed by atoms with E-state index in [9.17, 15) is 4.79 Å². The second-order valence-electron chi connectivity index (χ2n) is 5.18. The van der Waals surface area contributed by atoms with Crippen molar-refractivity contribution in [3.05, 3.63) is 30.0 Å². The Morgan fingerprint density at radius 3 is 3.00 bits per heavy atom. The first-order chi connectivity index (χ1) is 10.1. The smallest absolute Gasteiger partial charge is 0.302 e. The summed E-state index contributed by atoms with van der Waals surface area (Å²) in [6.07, 6.45) is 8.39. The molecule has 110 valence electrons. The Morgan fingerprint density at radius 1 is 1.38 bits per heavy atom. The van der Waals surface area contributed by atoms with Gasteiger partial charge < -0.3 is 9.30 Å². The van der Waals surface area contributed by atoms with Crippen molar-refractivity contribution in [1.82, 2.24) is 19.5 Å². The number of imidazole rings is 1. The molecule has 0 unspecified atom stereocenters. The highest BCUT2D eigenvalue weighted by atomic mass is 35.5. The Bertz CT molecular complexity index is 697. The fourth-order valence-electron chi connectivity index (χ4n) is 2.58. The van der Waals surface area contributed by atoms with Crippen molar-refractivity contribution >= 4 is 28.7 Å². The topological polar surface area (TPSA) is 69.9 Å². The quantitative estimate of drug-likeness (QED) is 0.492. The molecule has 0 spiro atoms. The van der Waals surface area contributed by atoms with Crippen LogP contribution in [0.3, 0.4) is 0 Å². The summed E-state index contributed by atoms with van der Waals surface area (Å²) in [4.78, 5) is 23.2. The van der Waals surface area contributed by atoms with Gasteiger partial charge in [-0.1, -0.05) is 23.8 Å². The van der Waals surface area contributed by atoms with Crippen molar-refractivity contribution < 1.29 is 9.53 Å². The van der Waals surface area contributed by atoms with Crippen LogP contribution in [-0.4, -0.2) is 32.1 Å². The number of esters is 1. The van der Waals surface area contributed by atoms with Gasteiger partial charge in [-0.15, -0.1) is 0 Å². The monoisotopic (exact) mass is 306 g/mol. The minimum absolute atomic E-state index is 0.237. The Kier molecular flexibility index (Phi) is 3.88. The third kappa shape index (κ3) is 3.05. The first-order valence-corrected chi connectivity index (χ1v) is 7.14. The molecule has 1 aliphatic rings. The first kappa shape index (κ1) is 14.0. The lowest BCUT2D eigenvalue weighted by Crippen LogP contribution is -2.12. The van der Waals surface area contributed by atoms with E-state index in [1.165, 1.54) is 13.3 Å². The molecular formula is C14H15ClN4O2. The van der Waals surface area contributed by atoms with E-state index in [1.54, 1.807) is 6.33 Å². The Balaban J connectivity index is 1.66. The molecule has 2 aromatic rings. The number of hydrogen-bond donors (Lipinski definition) is 0. The van der Waals surface area contributed by atoms with Gasteiger partial charge in [-0.2, -0.15) is 0 Å². The molecule has 0 saturated heterocycles. The summed E-state index contributed by atoms with van der Waals surface area (Å²) in [6.45, 7) is 2.65. The standard InChI is InChI=1S/C14H15ClN4O2/c1-9(20)21-6-11-3-2-10(4-11)5-19-8-18-12-13(15)16-7-17-14(12)19/h2-3,7-8,10-11H,4-6H2,1H3/t10-,11+/m0/s1. The summed E-state index contributed by atoms with van der Waals surface area (Å²) in [5, 5.41) is 0.369. The summed E-state index contributed by atoms with van der Waals surface area (Å²) >= 11 is 5.99. The number of aromatic nitrogens is 4. The third-order valence-corrected chi connectivity index (χ3v) is 3.83. The lowest BCUT2D eigenvalue weighted by Gasteiger charge is -2.12. The first-order valence-electron chi connectivity index (χ1n) is 6.76. The number of hydrogen-bond acceptors (Lipinski definition) is 5. The van der Waals surface area contributed by atoms with E-state index in [1.807, 2.05) is 4.57 Å². The maximum Gasteiger partial charge on any atom is 0.302 e. The highest BCUT2D eigenvalue weighted by Gasteiger charge is 2.21. The minimum atomic E-state index is -0.237. The van der Waals surface area contributed by atoms with Crippen LogP contribution in [-0.2, 0) is 16.1 Å². The zero-order chi connectivity index (χ0) is 14.8. The number of nitrogens with zero attached hydrogens (tertiary/aromatic N) is 4. The van der Waals surface area contributed by atoms with Crippen molar-refractivity contribution in [1.29, 1.82) is 0 Å². The lowest BCUT2D eigenvalue weighted by molar-refractivity contribution is -0.141. The molecular weight excluding hydrogens is 292 g/mol. The van der Waals surface area contributed by atoms with Crippen LogP contribution in [0.25, 0.3) is 11.2 Å². The van der Waals surface area contributed by atoms with E-state index in [2.05, 4.69) is 27.1 Å². The predicted octanol–water partition coefficient (Wildman–Crippen LogP) is 2.24. The van der Waals surface area contributed by atoms with Gasteiger partial charge in [0.15, 0.2) is 10.8 Å². The van der Waals surface area contributed by atoms with Crippen LogP contribution in [0.15, 0.2) is 24.8 Å². The Labute approximate surface area is 126 Å². The average Bonchev–Trinajstić information content (AvgIpc) is 3.06. The van der Waals surface area contributed by atoms with Gasteiger partial charge in [0.2, 0.25) is 0 Å². The number of carbonyl (C=O) groups excluding carboxylic acids is 1. The molecule has 7 heteroatoms. The Morgan fingerprint density at radius 2 is 2.19 bits per heavy atom. The van der Waals surface area contributed by atoms with Gasteiger partial charge in [0.1, 0.15) is 11.8 Å². The van der Waals surface area contributed by atoms with Crippen LogP contribution in [0.4, 0.5) is 0 Å².